The van der Waals surface area contributed by atoms with Crippen LogP contribution in [0.25, 0.3) is 0 Å². The Kier molecular flexibility index (Phi) is 5.33. The number of carbonyl (C=O) groups excluding carboxylic acids is 1. The van der Waals surface area contributed by atoms with E-state index >= 15 is 0 Å². The summed E-state index contributed by atoms with van der Waals surface area (Å²) in [5, 5.41) is 20.4. The summed E-state index contributed by atoms with van der Waals surface area (Å²) in [6, 6.07) is 10.7. The van der Waals surface area contributed by atoms with Crippen LogP contribution in [0.5, 0.6) is 0 Å². The molecule has 0 radical (unpaired) electrons. The molecule has 9 heteroatoms. The quantitative estimate of drug-likeness (QED) is 0.662. The van der Waals surface area contributed by atoms with Crippen molar-refractivity contribution in [3.8, 4) is 0 Å². The van der Waals surface area contributed by atoms with E-state index in [9.17, 15) is 9.59 Å². The molecule has 0 aliphatic carbocycles. The molecule has 2 heterocycles. The molecule has 3 aromatic rings. The second-order valence-electron chi connectivity index (χ2n) is 5.59. The van der Waals surface area contributed by atoms with E-state index in [0.29, 0.717) is 17.4 Å². The molecular formula is C17H16ClN5O3. The van der Waals surface area contributed by atoms with Gasteiger partial charge in [0.25, 0.3) is 5.91 Å². The van der Waals surface area contributed by atoms with Gasteiger partial charge in [-0.25, -0.2) is 0 Å². The summed E-state index contributed by atoms with van der Waals surface area (Å²) in [5.41, 5.74) is 1.23. The van der Waals surface area contributed by atoms with Crippen molar-refractivity contribution in [3.05, 3.63) is 65.1 Å². The second-order valence-corrected chi connectivity index (χ2v) is 6.02. The highest BCUT2D eigenvalue weighted by molar-refractivity contribution is 6.30. The molecule has 0 saturated carbocycles. The van der Waals surface area contributed by atoms with E-state index in [1.165, 1.54) is 10.7 Å². The maximum absolute atomic E-state index is 12.2. The minimum Gasteiger partial charge on any atom is -0.481 e. The smallest absolute Gasteiger partial charge is 0.305 e. The Balaban J connectivity index is 1.59. The number of hydrogen-bond donors (Lipinski definition) is 2. The number of aryl methyl sites for hydroxylation is 1. The molecule has 0 saturated heterocycles. The Morgan fingerprint density at radius 3 is 2.50 bits per heavy atom. The summed E-state index contributed by atoms with van der Waals surface area (Å²) in [7, 11) is 0. The molecule has 0 spiro atoms. The van der Waals surface area contributed by atoms with Gasteiger partial charge in [-0.15, -0.1) is 0 Å². The average Bonchev–Trinajstić information content (AvgIpc) is 3.24. The zero-order chi connectivity index (χ0) is 18.5. The van der Waals surface area contributed by atoms with Crippen molar-refractivity contribution < 1.29 is 14.7 Å². The number of hydrogen-bond acceptors (Lipinski definition) is 4. The van der Waals surface area contributed by atoms with Crippen molar-refractivity contribution in [1.82, 2.24) is 19.6 Å². The maximum atomic E-state index is 12.2. The number of aliphatic carboxylic acids is 1. The third-order valence-corrected chi connectivity index (χ3v) is 3.82. The van der Waals surface area contributed by atoms with Crippen molar-refractivity contribution in [1.29, 1.82) is 0 Å². The molecule has 0 atom stereocenters. The van der Waals surface area contributed by atoms with Crippen LogP contribution in [0.3, 0.4) is 0 Å². The summed E-state index contributed by atoms with van der Waals surface area (Å²) in [6.07, 6.45) is 3.27. The fourth-order valence-corrected chi connectivity index (χ4v) is 2.42. The molecule has 8 nitrogen and oxygen atoms in total. The van der Waals surface area contributed by atoms with E-state index in [1.807, 2.05) is 24.3 Å². The third-order valence-electron chi connectivity index (χ3n) is 3.57. The Morgan fingerprint density at radius 2 is 1.77 bits per heavy atom. The minimum atomic E-state index is -0.919. The predicted octanol–water partition coefficient (Wildman–Crippen LogP) is 2.51. The summed E-state index contributed by atoms with van der Waals surface area (Å²) in [4.78, 5) is 22.8. The van der Waals surface area contributed by atoms with Gasteiger partial charge in [-0.3, -0.25) is 19.0 Å². The number of nitrogens with zero attached hydrogens (tertiary/aromatic N) is 4. The van der Waals surface area contributed by atoms with E-state index < -0.39 is 11.9 Å². The van der Waals surface area contributed by atoms with Gasteiger partial charge in [0.05, 0.1) is 19.5 Å². The van der Waals surface area contributed by atoms with Gasteiger partial charge < -0.3 is 10.4 Å². The Bertz CT molecular complexity index is 917. The summed E-state index contributed by atoms with van der Waals surface area (Å²) in [5.74, 6) is -0.919. The average molecular weight is 374 g/mol. The zero-order valence-electron chi connectivity index (χ0n) is 13.7. The molecule has 0 fully saturated rings. The van der Waals surface area contributed by atoms with Gasteiger partial charge in [-0.2, -0.15) is 10.2 Å². The van der Waals surface area contributed by atoms with Crippen molar-refractivity contribution in [3.63, 3.8) is 0 Å². The first-order chi connectivity index (χ1) is 12.5. The van der Waals surface area contributed by atoms with Crippen LogP contribution < -0.4 is 5.32 Å². The number of nitrogens with one attached hydrogen (secondary N) is 1. The molecule has 1 aromatic carbocycles. The molecular weight excluding hydrogens is 358 g/mol. The molecule has 0 aliphatic heterocycles. The number of halogens is 1. The van der Waals surface area contributed by atoms with Crippen molar-refractivity contribution in [2.45, 2.75) is 19.5 Å². The van der Waals surface area contributed by atoms with Crippen LogP contribution >= 0.6 is 11.6 Å². The van der Waals surface area contributed by atoms with Gasteiger partial charge in [0.15, 0.2) is 11.5 Å². The van der Waals surface area contributed by atoms with Crippen LogP contribution in [0.1, 0.15) is 22.5 Å². The van der Waals surface area contributed by atoms with Gasteiger partial charge >= 0.3 is 5.97 Å². The van der Waals surface area contributed by atoms with Crippen molar-refractivity contribution in [2.75, 3.05) is 5.32 Å². The molecule has 1 amide bonds. The highest BCUT2D eigenvalue weighted by Gasteiger charge is 2.12. The van der Waals surface area contributed by atoms with E-state index in [2.05, 4.69) is 15.5 Å². The van der Waals surface area contributed by atoms with Gasteiger partial charge in [-0.05, 0) is 23.8 Å². The number of carboxylic acids is 1. The first kappa shape index (κ1) is 17.7. The highest BCUT2D eigenvalue weighted by Crippen LogP contribution is 2.12. The number of rotatable bonds is 7. The number of carboxylic acid groups (broad SMARTS) is 1. The second kappa shape index (κ2) is 7.83. The van der Waals surface area contributed by atoms with Crippen LogP contribution in [0.15, 0.2) is 48.8 Å². The lowest BCUT2D eigenvalue weighted by atomic mass is 10.2. The Morgan fingerprint density at radius 1 is 1.04 bits per heavy atom. The molecule has 0 unspecified atom stereocenters. The lowest BCUT2D eigenvalue weighted by molar-refractivity contribution is -0.137. The molecule has 0 aliphatic rings. The summed E-state index contributed by atoms with van der Waals surface area (Å²) < 4.78 is 3.12. The normalized spacial score (nSPS) is 10.7. The Hall–Kier alpha value is -3.13. The third kappa shape index (κ3) is 4.70. The fraction of sp³-hybridized carbons (Fsp3) is 0.176. The van der Waals surface area contributed by atoms with Gasteiger partial charge in [0, 0.05) is 23.5 Å². The maximum Gasteiger partial charge on any atom is 0.305 e. The largest absolute Gasteiger partial charge is 0.481 e. The van der Waals surface area contributed by atoms with Crippen molar-refractivity contribution in [2.24, 2.45) is 0 Å². The van der Waals surface area contributed by atoms with Crippen LogP contribution in [0.2, 0.25) is 5.02 Å². The van der Waals surface area contributed by atoms with Gasteiger partial charge in [-0.1, -0.05) is 23.7 Å². The first-order valence-corrected chi connectivity index (χ1v) is 8.22. The van der Waals surface area contributed by atoms with Crippen LogP contribution in [0.4, 0.5) is 5.82 Å². The molecule has 134 valence electrons. The topological polar surface area (TPSA) is 102 Å². The molecule has 2 aromatic heterocycles. The number of benzene rings is 1. The monoisotopic (exact) mass is 373 g/mol. The zero-order valence-corrected chi connectivity index (χ0v) is 14.4. The first-order valence-electron chi connectivity index (χ1n) is 7.84. The van der Waals surface area contributed by atoms with Gasteiger partial charge in [0.1, 0.15) is 0 Å². The SMILES string of the molecule is O=C(O)CCn1ccc(C(=O)Nc2ccn(Cc3ccc(Cl)cc3)n2)n1. The van der Waals surface area contributed by atoms with Crippen LogP contribution in [-0.4, -0.2) is 36.5 Å². The highest BCUT2D eigenvalue weighted by atomic mass is 35.5. The lowest BCUT2D eigenvalue weighted by Gasteiger charge is -2.02. The number of aromatic nitrogens is 4. The number of carbonyl (C=O) groups is 2. The van der Waals surface area contributed by atoms with E-state index in [1.54, 1.807) is 23.1 Å². The summed E-state index contributed by atoms with van der Waals surface area (Å²) in [6.45, 7) is 0.759. The molecule has 0 bridgehead atoms. The molecule has 3 rings (SSSR count). The van der Waals surface area contributed by atoms with Crippen molar-refractivity contribution >= 4 is 29.3 Å². The molecule has 26 heavy (non-hydrogen) atoms. The standard InChI is InChI=1S/C17H16ClN5O3/c18-13-3-1-12(2-4-13)11-23-9-6-15(21-23)19-17(26)14-5-8-22(20-14)10-7-16(24)25/h1-6,8-9H,7,10-11H2,(H,24,25)(H,19,21,26). The fourth-order valence-electron chi connectivity index (χ4n) is 2.29. The van der Waals surface area contributed by atoms with Crippen LogP contribution in [-0.2, 0) is 17.9 Å². The van der Waals surface area contributed by atoms with Crippen LogP contribution in [0, 0.1) is 0 Å². The van der Waals surface area contributed by atoms with E-state index in [4.69, 9.17) is 16.7 Å². The predicted molar refractivity (Wildman–Crippen MR) is 95.2 cm³/mol. The van der Waals surface area contributed by atoms with E-state index in [-0.39, 0.29) is 18.7 Å². The Labute approximate surface area is 154 Å². The number of anilines is 1. The summed E-state index contributed by atoms with van der Waals surface area (Å²) >= 11 is 5.86. The van der Waals surface area contributed by atoms with E-state index in [0.717, 1.165) is 5.56 Å². The lowest BCUT2D eigenvalue weighted by Crippen LogP contribution is -2.14. The minimum absolute atomic E-state index is 0.0577. The molecule has 2 N–H and O–H groups in total. The van der Waals surface area contributed by atoms with Gasteiger partial charge in [0.2, 0.25) is 0 Å². The number of amides is 1.